The van der Waals surface area contributed by atoms with Gasteiger partial charge in [-0.05, 0) is 24.3 Å². The van der Waals surface area contributed by atoms with Crippen LogP contribution in [0.1, 0.15) is 12.0 Å². The second-order valence-electron chi connectivity index (χ2n) is 3.62. The summed E-state index contributed by atoms with van der Waals surface area (Å²) in [6.45, 7) is 0. The molecule has 0 heterocycles. The van der Waals surface area contributed by atoms with Crippen molar-refractivity contribution in [1.29, 1.82) is 5.26 Å². The first-order valence-electron chi connectivity index (χ1n) is 4.88. The molecule has 6 heteroatoms. The largest absolute Gasteiger partial charge is 0.326 e. The molecule has 90 valence electrons. The van der Waals surface area contributed by atoms with Crippen molar-refractivity contribution in [3.63, 3.8) is 0 Å². The zero-order valence-corrected chi connectivity index (χ0v) is 10.1. The van der Waals surface area contributed by atoms with Crippen LogP contribution in [-0.4, -0.2) is 26.3 Å². The molecule has 0 saturated carbocycles. The number of nitrogens with zero attached hydrogens (tertiary/aromatic N) is 1. The van der Waals surface area contributed by atoms with Gasteiger partial charge in [0.05, 0.1) is 17.4 Å². The Balaban J connectivity index is 2.54. The minimum absolute atomic E-state index is 0.0706. The van der Waals surface area contributed by atoms with Crippen molar-refractivity contribution < 1.29 is 13.2 Å². The molecule has 0 unspecified atom stereocenters. The number of hydrogen-bond acceptors (Lipinski definition) is 4. The highest BCUT2D eigenvalue weighted by Gasteiger charge is 2.08. The third-order valence-corrected chi connectivity index (χ3v) is 2.94. The van der Waals surface area contributed by atoms with E-state index in [4.69, 9.17) is 5.26 Å². The lowest BCUT2D eigenvalue weighted by molar-refractivity contribution is -0.115. The summed E-state index contributed by atoms with van der Waals surface area (Å²) in [5, 5.41) is 11.1. The summed E-state index contributed by atoms with van der Waals surface area (Å²) in [6, 6.07) is 8.30. The number of rotatable bonds is 4. The maximum atomic E-state index is 11.4. The standard InChI is InChI=1S/C11H12N2O3S/c1-17(15,16)7-6-11(14)13-10-4-2-9(8-12)3-5-10/h2-5H,6-7H2,1H3,(H,13,14). The van der Waals surface area contributed by atoms with Crippen LogP contribution >= 0.6 is 0 Å². The Morgan fingerprint density at radius 2 is 1.94 bits per heavy atom. The van der Waals surface area contributed by atoms with Crippen molar-refractivity contribution in [2.24, 2.45) is 0 Å². The van der Waals surface area contributed by atoms with Crippen LogP contribution < -0.4 is 5.32 Å². The molecule has 17 heavy (non-hydrogen) atoms. The van der Waals surface area contributed by atoms with E-state index < -0.39 is 9.84 Å². The van der Waals surface area contributed by atoms with Gasteiger partial charge in [0, 0.05) is 18.4 Å². The Labute approximate surface area is 100.0 Å². The lowest BCUT2D eigenvalue weighted by atomic mass is 10.2. The van der Waals surface area contributed by atoms with E-state index >= 15 is 0 Å². The molecule has 1 aromatic carbocycles. The normalized spacial score (nSPS) is 10.6. The topological polar surface area (TPSA) is 87.0 Å². The first-order chi connectivity index (χ1) is 7.90. The number of nitriles is 1. The van der Waals surface area contributed by atoms with Gasteiger partial charge in [-0.15, -0.1) is 0 Å². The Morgan fingerprint density at radius 3 is 2.41 bits per heavy atom. The lowest BCUT2D eigenvalue weighted by Crippen LogP contribution is -2.16. The monoisotopic (exact) mass is 252 g/mol. The highest BCUT2D eigenvalue weighted by molar-refractivity contribution is 7.90. The van der Waals surface area contributed by atoms with Crippen LogP contribution in [0.15, 0.2) is 24.3 Å². The van der Waals surface area contributed by atoms with Gasteiger partial charge in [0.1, 0.15) is 9.84 Å². The van der Waals surface area contributed by atoms with Crippen LogP contribution in [0, 0.1) is 11.3 Å². The van der Waals surface area contributed by atoms with Crippen molar-refractivity contribution in [1.82, 2.24) is 0 Å². The van der Waals surface area contributed by atoms with E-state index in [9.17, 15) is 13.2 Å². The van der Waals surface area contributed by atoms with Gasteiger partial charge in [0.25, 0.3) is 0 Å². The summed E-state index contributed by atoms with van der Waals surface area (Å²) in [6.07, 6.45) is 1.01. The van der Waals surface area contributed by atoms with E-state index in [2.05, 4.69) is 5.32 Å². The highest BCUT2D eigenvalue weighted by atomic mass is 32.2. The molecule has 0 aromatic heterocycles. The predicted octanol–water partition coefficient (Wildman–Crippen LogP) is 0.931. The Bertz CT molecular complexity index is 541. The summed E-state index contributed by atoms with van der Waals surface area (Å²) in [5.74, 6) is -0.533. The fourth-order valence-corrected chi connectivity index (χ4v) is 1.69. The minimum Gasteiger partial charge on any atom is -0.326 e. The molecule has 0 bridgehead atoms. The number of nitrogens with one attached hydrogen (secondary N) is 1. The molecule has 0 aliphatic heterocycles. The van der Waals surface area contributed by atoms with Crippen LogP contribution in [0.25, 0.3) is 0 Å². The number of carbonyl (C=O) groups excluding carboxylic acids is 1. The molecule has 0 spiro atoms. The molecule has 0 aliphatic carbocycles. The molecule has 1 amide bonds. The van der Waals surface area contributed by atoms with E-state index in [-0.39, 0.29) is 18.1 Å². The molecule has 1 N–H and O–H groups in total. The molecule has 0 atom stereocenters. The fraction of sp³-hybridized carbons (Fsp3) is 0.273. The molecular weight excluding hydrogens is 240 g/mol. The fourth-order valence-electron chi connectivity index (χ4n) is 1.13. The van der Waals surface area contributed by atoms with E-state index in [0.29, 0.717) is 11.3 Å². The average Bonchev–Trinajstić information content (AvgIpc) is 2.27. The Morgan fingerprint density at radius 1 is 1.35 bits per heavy atom. The lowest BCUT2D eigenvalue weighted by Gasteiger charge is -2.04. The smallest absolute Gasteiger partial charge is 0.225 e. The first-order valence-corrected chi connectivity index (χ1v) is 6.94. The summed E-state index contributed by atoms with van der Waals surface area (Å²) in [7, 11) is -3.13. The van der Waals surface area contributed by atoms with Crippen molar-refractivity contribution in [2.75, 3.05) is 17.3 Å². The summed E-state index contributed by atoms with van der Waals surface area (Å²) >= 11 is 0. The molecule has 0 fully saturated rings. The minimum atomic E-state index is -3.13. The molecule has 0 saturated heterocycles. The average molecular weight is 252 g/mol. The van der Waals surface area contributed by atoms with Crippen molar-refractivity contribution in [3.8, 4) is 6.07 Å². The second kappa shape index (κ2) is 5.46. The summed E-state index contributed by atoms with van der Waals surface area (Å²) in [5.41, 5.74) is 1.04. The number of sulfone groups is 1. The van der Waals surface area contributed by atoms with E-state index in [1.54, 1.807) is 24.3 Å². The van der Waals surface area contributed by atoms with Gasteiger partial charge < -0.3 is 5.32 Å². The van der Waals surface area contributed by atoms with Crippen LogP contribution in [0.5, 0.6) is 0 Å². The van der Waals surface area contributed by atoms with Gasteiger partial charge in [0.15, 0.2) is 0 Å². The maximum absolute atomic E-state index is 11.4. The molecule has 5 nitrogen and oxygen atoms in total. The number of benzene rings is 1. The van der Waals surface area contributed by atoms with E-state index in [1.165, 1.54) is 0 Å². The zero-order chi connectivity index (χ0) is 12.9. The van der Waals surface area contributed by atoms with Gasteiger partial charge in [-0.3, -0.25) is 4.79 Å². The van der Waals surface area contributed by atoms with Crippen molar-refractivity contribution in [2.45, 2.75) is 6.42 Å². The van der Waals surface area contributed by atoms with Crippen molar-refractivity contribution in [3.05, 3.63) is 29.8 Å². The predicted molar refractivity (Wildman–Crippen MR) is 64.1 cm³/mol. The number of hydrogen-bond donors (Lipinski definition) is 1. The van der Waals surface area contributed by atoms with Gasteiger partial charge in [-0.2, -0.15) is 5.26 Å². The number of amides is 1. The Hall–Kier alpha value is -1.87. The van der Waals surface area contributed by atoms with Gasteiger partial charge in [-0.1, -0.05) is 0 Å². The van der Waals surface area contributed by atoms with E-state index in [1.807, 2.05) is 6.07 Å². The molecular formula is C11H12N2O3S. The van der Waals surface area contributed by atoms with Crippen LogP contribution in [-0.2, 0) is 14.6 Å². The van der Waals surface area contributed by atoms with Gasteiger partial charge in [0.2, 0.25) is 5.91 Å². The van der Waals surface area contributed by atoms with Gasteiger partial charge >= 0.3 is 0 Å². The molecule has 1 rings (SSSR count). The van der Waals surface area contributed by atoms with Gasteiger partial charge in [-0.25, -0.2) is 8.42 Å². The quantitative estimate of drug-likeness (QED) is 0.863. The van der Waals surface area contributed by atoms with Crippen LogP contribution in [0.3, 0.4) is 0 Å². The highest BCUT2D eigenvalue weighted by Crippen LogP contribution is 2.09. The summed E-state index contributed by atoms with van der Waals surface area (Å²) < 4.78 is 21.7. The number of anilines is 1. The number of carbonyl (C=O) groups is 1. The SMILES string of the molecule is CS(=O)(=O)CCC(=O)Nc1ccc(C#N)cc1. The van der Waals surface area contributed by atoms with E-state index in [0.717, 1.165) is 6.26 Å². The molecule has 0 aliphatic rings. The zero-order valence-electron chi connectivity index (χ0n) is 9.30. The third kappa shape index (κ3) is 5.13. The third-order valence-electron chi connectivity index (χ3n) is 2.00. The molecule has 0 radical (unpaired) electrons. The second-order valence-corrected chi connectivity index (χ2v) is 5.88. The molecule has 1 aromatic rings. The first kappa shape index (κ1) is 13.2. The van der Waals surface area contributed by atoms with Crippen molar-refractivity contribution >= 4 is 21.4 Å². The summed E-state index contributed by atoms with van der Waals surface area (Å²) in [4.78, 5) is 11.4. The maximum Gasteiger partial charge on any atom is 0.225 e. The van der Waals surface area contributed by atoms with Crippen LogP contribution in [0.4, 0.5) is 5.69 Å². The van der Waals surface area contributed by atoms with Crippen LogP contribution in [0.2, 0.25) is 0 Å². The Kier molecular flexibility index (Phi) is 4.24.